The number of rotatable bonds is 11. The fourth-order valence-electron chi connectivity index (χ4n) is 5.21. The Morgan fingerprint density at radius 2 is 1.61 bits per heavy atom. The van der Waals surface area contributed by atoms with Crippen LogP contribution in [-0.2, 0) is 32.3 Å². The third-order valence-corrected chi connectivity index (χ3v) is 9.88. The highest BCUT2D eigenvalue weighted by molar-refractivity contribution is 7.92. The number of benzene rings is 3. The minimum Gasteiger partial charge on any atom is -0.352 e. The van der Waals surface area contributed by atoms with E-state index >= 15 is 0 Å². The lowest BCUT2D eigenvalue weighted by molar-refractivity contribution is -0.140. The van der Waals surface area contributed by atoms with Crippen LogP contribution in [0.5, 0.6) is 0 Å². The summed E-state index contributed by atoms with van der Waals surface area (Å²) in [6.45, 7) is 0.783. The number of carbonyl (C=O) groups is 2. The number of amides is 2. The molecule has 1 aliphatic carbocycles. The average Bonchev–Trinajstić information content (AvgIpc) is 3.50. The zero-order valence-electron chi connectivity index (χ0n) is 23.9. The van der Waals surface area contributed by atoms with Gasteiger partial charge in [0, 0.05) is 17.6 Å². The molecule has 2 amide bonds. The molecule has 4 rings (SSSR count). The molecule has 1 N–H and O–H groups in total. The lowest BCUT2D eigenvalue weighted by Gasteiger charge is -2.34. The van der Waals surface area contributed by atoms with E-state index in [1.165, 1.54) is 29.2 Å². The molecule has 1 aliphatic rings. The van der Waals surface area contributed by atoms with E-state index in [-0.39, 0.29) is 29.8 Å². The summed E-state index contributed by atoms with van der Waals surface area (Å²) in [5.41, 5.74) is -1.04. The second-order valence-corrected chi connectivity index (χ2v) is 13.3. The summed E-state index contributed by atoms with van der Waals surface area (Å²) in [6.07, 6.45) is -1.10. The van der Waals surface area contributed by atoms with E-state index in [1.807, 2.05) is 0 Å². The van der Waals surface area contributed by atoms with E-state index in [9.17, 15) is 31.2 Å². The van der Waals surface area contributed by atoms with Gasteiger partial charge in [0.15, 0.2) is 0 Å². The first kappa shape index (κ1) is 33.6. The van der Waals surface area contributed by atoms with Crippen LogP contribution in [0.3, 0.4) is 0 Å². The summed E-state index contributed by atoms with van der Waals surface area (Å²) < 4.78 is 69.8. The molecule has 1 atom stereocenters. The van der Waals surface area contributed by atoms with Crippen LogP contribution in [0.15, 0.2) is 77.7 Å². The smallest absolute Gasteiger partial charge is 0.352 e. The summed E-state index contributed by atoms with van der Waals surface area (Å²) in [5.74, 6) is -1.17. The number of sulfonamides is 1. The van der Waals surface area contributed by atoms with Gasteiger partial charge in [-0.2, -0.15) is 13.2 Å². The van der Waals surface area contributed by atoms with E-state index in [1.54, 1.807) is 37.3 Å². The fourth-order valence-corrected chi connectivity index (χ4v) is 6.99. The van der Waals surface area contributed by atoms with Crippen molar-refractivity contribution >= 4 is 50.7 Å². The van der Waals surface area contributed by atoms with Crippen molar-refractivity contribution in [2.45, 2.75) is 68.7 Å². The molecule has 0 aliphatic heterocycles. The van der Waals surface area contributed by atoms with Crippen molar-refractivity contribution in [3.8, 4) is 0 Å². The molecule has 7 nitrogen and oxygen atoms in total. The largest absolute Gasteiger partial charge is 0.417 e. The zero-order chi connectivity index (χ0) is 32.1. The maximum Gasteiger partial charge on any atom is 0.417 e. The van der Waals surface area contributed by atoms with Gasteiger partial charge in [0.2, 0.25) is 11.8 Å². The van der Waals surface area contributed by atoms with E-state index in [4.69, 9.17) is 23.2 Å². The van der Waals surface area contributed by atoms with Crippen molar-refractivity contribution in [2.24, 2.45) is 0 Å². The predicted octanol–water partition coefficient (Wildman–Crippen LogP) is 7.07. The van der Waals surface area contributed by atoms with Gasteiger partial charge in [-0.05, 0) is 67.3 Å². The molecule has 0 spiro atoms. The minimum absolute atomic E-state index is 0.0335. The summed E-state index contributed by atoms with van der Waals surface area (Å²) in [4.78, 5) is 28.7. The molecule has 0 bridgehead atoms. The first-order chi connectivity index (χ1) is 20.8. The number of hydrogen-bond acceptors (Lipinski definition) is 4. The fraction of sp³-hybridized carbons (Fsp3) is 0.355. The van der Waals surface area contributed by atoms with Crippen molar-refractivity contribution in [1.82, 2.24) is 10.2 Å². The van der Waals surface area contributed by atoms with Gasteiger partial charge < -0.3 is 10.2 Å². The number of alkyl halides is 3. The highest BCUT2D eigenvalue weighted by Crippen LogP contribution is 2.38. The number of halogens is 5. The quantitative estimate of drug-likeness (QED) is 0.237. The SMILES string of the molecule is CC[C@@H](C(=O)NC1CCCC1)N(Cc1ccc(Cl)cc1)C(=O)CN(c1ccc(Cl)c(C(F)(F)F)c1)S(=O)(=O)c1ccccc1. The minimum atomic E-state index is -4.88. The summed E-state index contributed by atoms with van der Waals surface area (Å²) in [5, 5.41) is 2.84. The Balaban J connectivity index is 1.77. The van der Waals surface area contributed by atoms with E-state index in [0.29, 0.717) is 21.0 Å². The van der Waals surface area contributed by atoms with Crippen LogP contribution in [0.4, 0.5) is 18.9 Å². The third kappa shape index (κ3) is 8.05. The zero-order valence-corrected chi connectivity index (χ0v) is 26.2. The summed E-state index contributed by atoms with van der Waals surface area (Å²) in [7, 11) is -4.55. The van der Waals surface area contributed by atoms with Crippen molar-refractivity contribution in [2.75, 3.05) is 10.8 Å². The molecule has 44 heavy (non-hydrogen) atoms. The first-order valence-corrected chi connectivity index (χ1v) is 16.3. The average molecular weight is 671 g/mol. The van der Waals surface area contributed by atoms with Crippen molar-refractivity contribution in [3.05, 3.63) is 94.0 Å². The van der Waals surface area contributed by atoms with Gasteiger partial charge in [-0.3, -0.25) is 13.9 Å². The molecule has 1 fully saturated rings. The van der Waals surface area contributed by atoms with E-state index in [0.717, 1.165) is 37.8 Å². The molecule has 0 aromatic heterocycles. The second-order valence-electron chi connectivity index (χ2n) is 10.5. The normalized spacial score (nSPS) is 14.7. The van der Waals surface area contributed by atoms with Crippen LogP contribution in [0.25, 0.3) is 0 Å². The van der Waals surface area contributed by atoms with Crippen LogP contribution >= 0.6 is 23.2 Å². The predicted molar refractivity (Wildman–Crippen MR) is 164 cm³/mol. The van der Waals surface area contributed by atoms with Crippen LogP contribution in [0, 0.1) is 0 Å². The van der Waals surface area contributed by atoms with Gasteiger partial charge in [-0.15, -0.1) is 0 Å². The number of carbonyl (C=O) groups excluding carboxylic acids is 2. The molecule has 0 radical (unpaired) electrons. The second kappa shape index (κ2) is 14.2. The lowest BCUT2D eigenvalue weighted by atomic mass is 10.1. The Hall–Kier alpha value is -3.28. The van der Waals surface area contributed by atoms with Crippen LogP contribution in [0.1, 0.15) is 50.2 Å². The molecule has 0 saturated heterocycles. The molecular weight excluding hydrogens is 638 g/mol. The summed E-state index contributed by atoms with van der Waals surface area (Å²) in [6, 6.07) is 15.3. The Bertz CT molecular complexity index is 1570. The van der Waals surface area contributed by atoms with Gasteiger partial charge in [0.05, 0.1) is 21.2 Å². The highest BCUT2D eigenvalue weighted by Gasteiger charge is 2.37. The van der Waals surface area contributed by atoms with E-state index in [2.05, 4.69) is 5.32 Å². The van der Waals surface area contributed by atoms with Gasteiger partial charge in [0.25, 0.3) is 10.0 Å². The molecule has 0 heterocycles. The van der Waals surface area contributed by atoms with Crippen LogP contribution in [0.2, 0.25) is 10.0 Å². The van der Waals surface area contributed by atoms with Crippen LogP contribution in [-0.4, -0.2) is 43.8 Å². The van der Waals surface area contributed by atoms with Gasteiger partial charge in [0.1, 0.15) is 12.6 Å². The van der Waals surface area contributed by atoms with Gasteiger partial charge in [-0.25, -0.2) is 8.42 Å². The van der Waals surface area contributed by atoms with Crippen molar-refractivity contribution < 1.29 is 31.2 Å². The number of hydrogen-bond donors (Lipinski definition) is 1. The maximum absolute atomic E-state index is 14.1. The van der Waals surface area contributed by atoms with Gasteiger partial charge >= 0.3 is 6.18 Å². The molecule has 13 heteroatoms. The van der Waals surface area contributed by atoms with Crippen molar-refractivity contribution in [3.63, 3.8) is 0 Å². The topological polar surface area (TPSA) is 86.8 Å². The number of nitrogens with zero attached hydrogens (tertiary/aromatic N) is 2. The molecule has 1 saturated carbocycles. The Kier molecular flexibility index (Phi) is 10.9. The first-order valence-electron chi connectivity index (χ1n) is 14.1. The standard InChI is InChI=1S/C31H32Cl2F3N3O4S/c1-2-28(30(41)37-23-8-6-7-9-23)38(19-21-12-14-22(32)15-13-21)29(40)20-39(44(42,43)25-10-4-3-5-11-25)24-16-17-27(33)26(18-24)31(34,35)36/h3-5,10-18,23,28H,2,6-9,19-20H2,1H3,(H,37,41)/t28-/m0/s1. The third-order valence-electron chi connectivity index (χ3n) is 7.51. The van der Waals surface area contributed by atoms with Crippen LogP contribution < -0.4 is 9.62 Å². The van der Waals surface area contributed by atoms with Crippen molar-refractivity contribution in [1.29, 1.82) is 0 Å². The van der Waals surface area contributed by atoms with E-state index < -0.39 is 51.0 Å². The molecule has 3 aromatic rings. The number of nitrogens with one attached hydrogen (secondary N) is 1. The van der Waals surface area contributed by atoms with Gasteiger partial charge in [-0.1, -0.05) is 73.3 Å². The lowest BCUT2D eigenvalue weighted by Crippen LogP contribution is -2.53. The molecule has 0 unspecified atom stereocenters. The Morgan fingerprint density at radius 3 is 2.20 bits per heavy atom. The Morgan fingerprint density at radius 1 is 0.977 bits per heavy atom. The monoisotopic (exact) mass is 669 g/mol. The maximum atomic E-state index is 14.1. The molecule has 3 aromatic carbocycles. The summed E-state index contributed by atoms with van der Waals surface area (Å²) >= 11 is 11.9. The number of anilines is 1. The Labute approximate surface area is 265 Å². The molecular formula is C31H32Cl2F3N3O4S. The molecule has 236 valence electrons. The highest BCUT2D eigenvalue weighted by atomic mass is 35.5.